The molecule has 3 nitrogen and oxygen atoms in total. The Labute approximate surface area is 105 Å². The molecule has 0 N–H and O–H groups in total. The summed E-state index contributed by atoms with van der Waals surface area (Å²) in [4.78, 5) is 4.65. The quantitative estimate of drug-likeness (QED) is 0.839. The van der Waals surface area contributed by atoms with Crippen molar-refractivity contribution in [2.45, 2.75) is 16.2 Å². The molecule has 0 atom stereocenters. The Balaban J connectivity index is 2.31. The zero-order valence-electron chi connectivity index (χ0n) is 7.57. The molecule has 2 rings (SSSR count). The minimum atomic E-state index is 0.528. The van der Waals surface area contributed by atoms with E-state index in [4.69, 9.17) is 23.2 Å². The van der Waals surface area contributed by atoms with Gasteiger partial charge in [-0.15, -0.1) is 10.2 Å². The molecule has 0 saturated carbocycles. The van der Waals surface area contributed by atoms with E-state index in [1.165, 1.54) is 23.1 Å². The average molecular weight is 278 g/mol. The third-order valence-electron chi connectivity index (χ3n) is 1.51. The van der Waals surface area contributed by atoms with Gasteiger partial charge in [-0.1, -0.05) is 46.3 Å². The zero-order valence-corrected chi connectivity index (χ0v) is 10.7. The molecule has 0 amide bonds. The minimum absolute atomic E-state index is 0.528. The maximum absolute atomic E-state index is 5.97. The largest absolute Gasteiger partial charge is 0.262 e. The van der Waals surface area contributed by atoms with Gasteiger partial charge in [-0.3, -0.25) is 4.98 Å². The lowest BCUT2D eigenvalue weighted by molar-refractivity contribution is 0.983. The summed E-state index contributed by atoms with van der Waals surface area (Å²) in [5.41, 5.74) is 0. The summed E-state index contributed by atoms with van der Waals surface area (Å²) >= 11 is 14.9. The fourth-order valence-electron chi connectivity index (χ4n) is 0.904. The molecule has 0 aliphatic rings. The summed E-state index contributed by atoms with van der Waals surface area (Å²) in [5.74, 6) is 0. The number of hydrogen-bond acceptors (Lipinski definition) is 5. The van der Waals surface area contributed by atoms with Crippen LogP contribution >= 0.6 is 46.3 Å². The van der Waals surface area contributed by atoms with Crippen LogP contribution < -0.4 is 0 Å². The first kappa shape index (κ1) is 11.1. The lowest BCUT2D eigenvalue weighted by Crippen LogP contribution is -1.80. The lowest BCUT2D eigenvalue weighted by Gasteiger charge is -2.01. The fourth-order valence-corrected chi connectivity index (χ4v) is 3.25. The van der Waals surface area contributed by atoms with Crippen LogP contribution in [-0.4, -0.2) is 15.2 Å². The van der Waals surface area contributed by atoms with Crippen LogP contribution in [0.5, 0.6) is 0 Å². The summed E-state index contributed by atoms with van der Waals surface area (Å²) in [6, 6.07) is 0. The van der Waals surface area contributed by atoms with Gasteiger partial charge in [0.05, 0.1) is 14.9 Å². The van der Waals surface area contributed by atoms with Crippen LogP contribution in [0.3, 0.4) is 0 Å². The standard InChI is InChI=1S/C8H5Cl2N3S2/c1-4-12-13-8(14-4)15-7-5(9)2-11-3-6(7)10/h2-3H,1H3. The van der Waals surface area contributed by atoms with Gasteiger partial charge in [0.25, 0.3) is 0 Å². The number of hydrogen-bond donors (Lipinski definition) is 0. The Bertz CT molecular complexity index is 466. The molecule has 0 unspecified atom stereocenters. The van der Waals surface area contributed by atoms with Crippen molar-refractivity contribution in [3.8, 4) is 0 Å². The van der Waals surface area contributed by atoms with Crippen molar-refractivity contribution in [3.05, 3.63) is 27.4 Å². The van der Waals surface area contributed by atoms with Crippen molar-refractivity contribution in [2.24, 2.45) is 0 Å². The molecule has 2 aromatic heterocycles. The van der Waals surface area contributed by atoms with E-state index in [2.05, 4.69) is 15.2 Å². The molecule has 15 heavy (non-hydrogen) atoms. The number of aryl methyl sites for hydroxylation is 1. The summed E-state index contributed by atoms with van der Waals surface area (Å²) in [5, 5.41) is 9.88. The average Bonchev–Trinajstić information content (AvgIpc) is 2.58. The Kier molecular flexibility index (Phi) is 3.45. The molecule has 0 fully saturated rings. The Morgan fingerprint density at radius 2 is 1.87 bits per heavy atom. The van der Waals surface area contributed by atoms with Crippen LogP contribution in [0.1, 0.15) is 5.01 Å². The molecule has 2 heterocycles. The number of pyridine rings is 1. The maximum atomic E-state index is 5.97. The first-order valence-corrected chi connectivity index (χ1v) is 6.32. The van der Waals surface area contributed by atoms with E-state index in [0.29, 0.717) is 10.0 Å². The van der Waals surface area contributed by atoms with Crippen molar-refractivity contribution in [1.82, 2.24) is 15.2 Å². The van der Waals surface area contributed by atoms with E-state index in [-0.39, 0.29) is 0 Å². The van der Waals surface area contributed by atoms with Gasteiger partial charge in [0.1, 0.15) is 5.01 Å². The van der Waals surface area contributed by atoms with Crippen LogP contribution in [0.15, 0.2) is 21.6 Å². The van der Waals surface area contributed by atoms with E-state index < -0.39 is 0 Å². The molecular weight excluding hydrogens is 273 g/mol. The van der Waals surface area contributed by atoms with Gasteiger partial charge in [-0.25, -0.2) is 0 Å². The van der Waals surface area contributed by atoms with Crippen molar-refractivity contribution >= 4 is 46.3 Å². The second kappa shape index (κ2) is 4.65. The predicted molar refractivity (Wildman–Crippen MR) is 63.0 cm³/mol. The highest BCUT2D eigenvalue weighted by atomic mass is 35.5. The monoisotopic (exact) mass is 277 g/mol. The van der Waals surface area contributed by atoms with Gasteiger partial charge in [-0.2, -0.15) is 0 Å². The van der Waals surface area contributed by atoms with Gasteiger partial charge in [-0.05, 0) is 6.92 Å². The highest BCUT2D eigenvalue weighted by Crippen LogP contribution is 2.38. The zero-order chi connectivity index (χ0) is 10.8. The van der Waals surface area contributed by atoms with E-state index in [1.807, 2.05) is 6.92 Å². The number of aromatic nitrogens is 3. The molecule has 0 radical (unpaired) electrons. The topological polar surface area (TPSA) is 38.7 Å². The third kappa shape index (κ3) is 2.60. The van der Waals surface area contributed by atoms with Gasteiger partial charge < -0.3 is 0 Å². The molecule has 0 saturated heterocycles. The molecule has 78 valence electrons. The minimum Gasteiger partial charge on any atom is -0.262 e. The van der Waals surface area contributed by atoms with Gasteiger partial charge in [0.2, 0.25) is 0 Å². The first-order valence-electron chi connectivity index (χ1n) is 3.94. The summed E-state index contributed by atoms with van der Waals surface area (Å²) in [6.45, 7) is 1.90. The van der Waals surface area contributed by atoms with Gasteiger partial charge in [0.15, 0.2) is 4.34 Å². The van der Waals surface area contributed by atoms with Crippen molar-refractivity contribution in [3.63, 3.8) is 0 Å². The van der Waals surface area contributed by atoms with E-state index >= 15 is 0 Å². The second-order valence-corrected chi connectivity index (χ2v) is 5.87. The molecule has 0 aliphatic heterocycles. The molecular formula is C8H5Cl2N3S2. The number of rotatable bonds is 2. The molecule has 0 aliphatic carbocycles. The summed E-state index contributed by atoms with van der Waals surface area (Å²) in [6.07, 6.45) is 3.12. The molecule has 7 heteroatoms. The Morgan fingerprint density at radius 1 is 1.20 bits per heavy atom. The molecule has 0 aromatic carbocycles. The summed E-state index contributed by atoms with van der Waals surface area (Å²) < 4.78 is 0.822. The normalized spacial score (nSPS) is 10.6. The molecule has 0 bridgehead atoms. The van der Waals surface area contributed by atoms with E-state index in [9.17, 15) is 0 Å². The van der Waals surface area contributed by atoms with Crippen LogP contribution in [0, 0.1) is 6.92 Å². The third-order valence-corrected chi connectivity index (χ3v) is 4.34. The second-order valence-electron chi connectivity index (χ2n) is 2.62. The van der Waals surface area contributed by atoms with Crippen LogP contribution in [-0.2, 0) is 0 Å². The fraction of sp³-hybridized carbons (Fsp3) is 0.125. The smallest absolute Gasteiger partial charge is 0.179 e. The van der Waals surface area contributed by atoms with E-state index in [1.54, 1.807) is 12.4 Å². The molecule has 0 spiro atoms. The van der Waals surface area contributed by atoms with Crippen molar-refractivity contribution < 1.29 is 0 Å². The SMILES string of the molecule is Cc1nnc(Sc2c(Cl)cncc2Cl)s1. The summed E-state index contributed by atoms with van der Waals surface area (Å²) in [7, 11) is 0. The number of halogens is 2. The maximum Gasteiger partial charge on any atom is 0.179 e. The highest BCUT2D eigenvalue weighted by Gasteiger charge is 2.10. The number of nitrogens with zero attached hydrogens (tertiary/aromatic N) is 3. The molecule has 2 aromatic rings. The van der Waals surface area contributed by atoms with Gasteiger partial charge in [0, 0.05) is 12.4 Å². The Morgan fingerprint density at radius 3 is 2.40 bits per heavy atom. The van der Waals surface area contributed by atoms with E-state index in [0.717, 1.165) is 14.2 Å². The first-order chi connectivity index (χ1) is 7.16. The van der Waals surface area contributed by atoms with Crippen molar-refractivity contribution in [2.75, 3.05) is 0 Å². The van der Waals surface area contributed by atoms with Crippen LogP contribution in [0.25, 0.3) is 0 Å². The predicted octanol–water partition coefficient (Wildman–Crippen LogP) is 3.70. The Hall–Kier alpha value is -0.360. The lowest BCUT2D eigenvalue weighted by atomic mass is 10.5. The van der Waals surface area contributed by atoms with Crippen LogP contribution in [0.4, 0.5) is 0 Å². The van der Waals surface area contributed by atoms with Crippen molar-refractivity contribution in [1.29, 1.82) is 0 Å². The van der Waals surface area contributed by atoms with Crippen LogP contribution in [0.2, 0.25) is 10.0 Å². The van der Waals surface area contributed by atoms with Gasteiger partial charge >= 0.3 is 0 Å². The highest BCUT2D eigenvalue weighted by molar-refractivity contribution is 8.01.